The molecule has 1 aliphatic rings. The summed E-state index contributed by atoms with van der Waals surface area (Å²) >= 11 is 0. The Labute approximate surface area is 76.7 Å². The third kappa shape index (κ3) is 2.43. The van der Waals surface area contributed by atoms with Crippen molar-refractivity contribution in [2.75, 3.05) is 13.7 Å². The number of carbonyl (C=O) groups excluding carboxylic acids is 1. The number of aliphatic imine (C=N–C) groups is 1. The van der Waals surface area contributed by atoms with E-state index in [1.54, 1.807) is 18.1 Å². The highest BCUT2D eigenvalue weighted by atomic mass is 35.5. The Bertz CT molecular complexity index is 226. The number of rotatable bonds is 0. The van der Waals surface area contributed by atoms with Gasteiger partial charge in [-0.2, -0.15) is 0 Å². The molecule has 12 heavy (non-hydrogen) atoms. The summed E-state index contributed by atoms with van der Waals surface area (Å²) in [6.45, 7) is 0.387. The van der Waals surface area contributed by atoms with Gasteiger partial charge in [0.2, 0.25) is 5.91 Å². The molecular formula is C6H11ClN4O. The SMILES string of the molecule is CN=C(N)N1C=CC(=O)NC1.Cl. The summed E-state index contributed by atoms with van der Waals surface area (Å²) in [5.74, 6) is 0.284. The molecule has 5 nitrogen and oxygen atoms in total. The number of nitrogens with one attached hydrogen (secondary N) is 1. The highest BCUT2D eigenvalue weighted by Crippen LogP contribution is 1.92. The van der Waals surface area contributed by atoms with E-state index in [0.29, 0.717) is 12.6 Å². The van der Waals surface area contributed by atoms with Gasteiger partial charge in [0.25, 0.3) is 0 Å². The quantitative estimate of drug-likeness (QED) is 0.390. The molecule has 0 aliphatic carbocycles. The van der Waals surface area contributed by atoms with Crippen molar-refractivity contribution in [2.45, 2.75) is 0 Å². The van der Waals surface area contributed by atoms with Gasteiger partial charge in [0.05, 0.1) is 6.67 Å². The van der Waals surface area contributed by atoms with Crippen molar-refractivity contribution in [3.63, 3.8) is 0 Å². The van der Waals surface area contributed by atoms with E-state index in [-0.39, 0.29) is 18.3 Å². The van der Waals surface area contributed by atoms with Gasteiger partial charge < -0.3 is 16.0 Å². The number of amides is 1. The van der Waals surface area contributed by atoms with Gasteiger partial charge >= 0.3 is 0 Å². The number of guanidine groups is 1. The second-order valence-electron chi connectivity index (χ2n) is 2.07. The molecule has 0 saturated heterocycles. The lowest BCUT2D eigenvalue weighted by Gasteiger charge is -2.21. The lowest BCUT2D eigenvalue weighted by molar-refractivity contribution is -0.117. The highest BCUT2D eigenvalue weighted by molar-refractivity contribution is 5.90. The predicted molar refractivity (Wildman–Crippen MR) is 48.8 cm³/mol. The Balaban J connectivity index is 0.00000121. The molecule has 0 aromatic rings. The third-order valence-corrected chi connectivity index (χ3v) is 1.35. The first kappa shape index (κ1) is 10.8. The Hall–Kier alpha value is -1.23. The van der Waals surface area contributed by atoms with Crippen LogP contribution in [0.25, 0.3) is 0 Å². The van der Waals surface area contributed by atoms with E-state index in [4.69, 9.17) is 5.73 Å². The summed E-state index contributed by atoms with van der Waals surface area (Å²) in [5, 5.41) is 2.59. The fraction of sp³-hybridized carbons (Fsp3) is 0.333. The van der Waals surface area contributed by atoms with Crippen LogP contribution in [0.5, 0.6) is 0 Å². The van der Waals surface area contributed by atoms with Gasteiger partial charge in [0.15, 0.2) is 5.96 Å². The van der Waals surface area contributed by atoms with Crippen LogP contribution in [0.2, 0.25) is 0 Å². The van der Waals surface area contributed by atoms with Crippen LogP contribution < -0.4 is 11.1 Å². The fourth-order valence-corrected chi connectivity index (χ4v) is 0.718. The molecule has 0 spiro atoms. The van der Waals surface area contributed by atoms with Crippen molar-refractivity contribution < 1.29 is 4.79 Å². The zero-order valence-corrected chi connectivity index (χ0v) is 7.47. The van der Waals surface area contributed by atoms with Gasteiger partial charge in [-0.25, -0.2) is 0 Å². The maximum Gasteiger partial charge on any atom is 0.246 e. The molecule has 3 N–H and O–H groups in total. The van der Waals surface area contributed by atoms with Gasteiger partial charge in [-0.15, -0.1) is 12.4 Å². The molecule has 1 rings (SSSR count). The van der Waals surface area contributed by atoms with E-state index in [9.17, 15) is 4.79 Å². The first-order valence-electron chi connectivity index (χ1n) is 3.19. The Morgan fingerprint density at radius 2 is 2.50 bits per heavy atom. The largest absolute Gasteiger partial charge is 0.369 e. The molecule has 0 unspecified atom stereocenters. The number of nitrogens with zero attached hydrogens (tertiary/aromatic N) is 2. The van der Waals surface area contributed by atoms with Crippen LogP contribution in [0.1, 0.15) is 0 Å². The van der Waals surface area contributed by atoms with Crippen LogP contribution in [0.4, 0.5) is 0 Å². The molecule has 1 heterocycles. The van der Waals surface area contributed by atoms with Crippen LogP contribution in [-0.4, -0.2) is 30.5 Å². The lowest BCUT2D eigenvalue weighted by atomic mass is 10.5. The zero-order valence-electron chi connectivity index (χ0n) is 6.65. The number of hydrogen-bond donors (Lipinski definition) is 2. The zero-order chi connectivity index (χ0) is 8.27. The first-order valence-corrected chi connectivity index (χ1v) is 3.19. The number of nitrogens with two attached hydrogens (primary N) is 1. The van der Waals surface area contributed by atoms with Crippen molar-refractivity contribution in [3.05, 3.63) is 12.3 Å². The third-order valence-electron chi connectivity index (χ3n) is 1.35. The standard InChI is InChI=1S/C6H10N4O.ClH/c1-8-6(7)10-3-2-5(11)9-4-10;/h2-3H,4H2,1H3,(H2,7,8)(H,9,11);1H. The van der Waals surface area contributed by atoms with Crippen LogP contribution in [0, 0.1) is 0 Å². The average Bonchev–Trinajstić information content (AvgIpc) is 2.05. The molecule has 1 amide bonds. The number of hydrogen-bond acceptors (Lipinski definition) is 2. The normalized spacial score (nSPS) is 16.9. The van der Waals surface area contributed by atoms with Crippen molar-refractivity contribution >= 4 is 24.3 Å². The summed E-state index contributed by atoms with van der Waals surface area (Å²) in [5.41, 5.74) is 5.47. The van der Waals surface area contributed by atoms with Gasteiger partial charge in [-0.3, -0.25) is 9.79 Å². The summed E-state index contributed by atoms with van der Waals surface area (Å²) in [4.78, 5) is 16.0. The van der Waals surface area contributed by atoms with Crippen molar-refractivity contribution in [1.29, 1.82) is 0 Å². The van der Waals surface area contributed by atoms with Gasteiger partial charge in [0.1, 0.15) is 0 Å². The second kappa shape index (κ2) is 4.61. The van der Waals surface area contributed by atoms with Crippen molar-refractivity contribution in [1.82, 2.24) is 10.2 Å². The van der Waals surface area contributed by atoms with Gasteiger partial charge in [-0.1, -0.05) is 0 Å². The molecule has 0 fully saturated rings. The lowest BCUT2D eigenvalue weighted by Crippen LogP contribution is -2.44. The van der Waals surface area contributed by atoms with Crippen LogP contribution >= 0.6 is 12.4 Å². The topological polar surface area (TPSA) is 70.7 Å². The van der Waals surface area contributed by atoms with E-state index in [1.165, 1.54) is 6.08 Å². The van der Waals surface area contributed by atoms with E-state index in [2.05, 4.69) is 10.3 Å². The monoisotopic (exact) mass is 190 g/mol. The molecular weight excluding hydrogens is 180 g/mol. The molecule has 6 heteroatoms. The Morgan fingerprint density at radius 1 is 1.83 bits per heavy atom. The molecule has 0 aromatic carbocycles. The van der Waals surface area contributed by atoms with Crippen LogP contribution in [0.15, 0.2) is 17.3 Å². The molecule has 0 atom stereocenters. The summed E-state index contributed by atoms with van der Waals surface area (Å²) in [6, 6.07) is 0. The fourth-order valence-electron chi connectivity index (χ4n) is 0.718. The Morgan fingerprint density at radius 3 is 2.92 bits per heavy atom. The predicted octanol–water partition coefficient (Wildman–Crippen LogP) is -0.744. The van der Waals surface area contributed by atoms with Gasteiger partial charge in [0, 0.05) is 19.3 Å². The molecule has 0 saturated carbocycles. The first-order chi connectivity index (χ1) is 5.24. The molecule has 0 radical (unpaired) electrons. The van der Waals surface area contributed by atoms with E-state index >= 15 is 0 Å². The minimum atomic E-state index is -0.106. The minimum Gasteiger partial charge on any atom is -0.369 e. The second-order valence-corrected chi connectivity index (χ2v) is 2.07. The maximum atomic E-state index is 10.6. The summed E-state index contributed by atoms with van der Waals surface area (Å²) in [7, 11) is 1.60. The van der Waals surface area contributed by atoms with Crippen LogP contribution in [0.3, 0.4) is 0 Å². The van der Waals surface area contributed by atoms with E-state index in [1.807, 2.05) is 0 Å². The minimum absolute atomic E-state index is 0. The number of carbonyl (C=O) groups is 1. The molecule has 68 valence electrons. The van der Waals surface area contributed by atoms with Crippen molar-refractivity contribution in [2.24, 2.45) is 10.7 Å². The van der Waals surface area contributed by atoms with E-state index in [0.717, 1.165) is 0 Å². The van der Waals surface area contributed by atoms with Crippen molar-refractivity contribution in [3.8, 4) is 0 Å². The van der Waals surface area contributed by atoms with Crippen LogP contribution in [-0.2, 0) is 4.79 Å². The smallest absolute Gasteiger partial charge is 0.246 e. The Kier molecular flexibility index (Phi) is 4.14. The molecule has 0 bridgehead atoms. The summed E-state index contributed by atoms with van der Waals surface area (Å²) in [6.07, 6.45) is 3.00. The van der Waals surface area contributed by atoms with E-state index < -0.39 is 0 Å². The number of halogens is 1. The molecule has 1 aliphatic heterocycles. The maximum absolute atomic E-state index is 10.6. The highest BCUT2D eigenvalue weighted by Gasteiger charge is 2.09. The summed E-state index contributed by atoms with van der Waals surface area (Å²) < 4.78 is 0. The average molecular weight is 191 g/mol. The van der Waals surface area contributed by atoms with Gasteiger partial charge in [-0.05, 0) is 0 Å². The molecule has 0 aromatic heterocycles.